The molecule has 3 aromatic rings. The maximum atomic E-state index is 10.9. The highest BCUT2D eigenvalue weighted by atomic mass is 127. The lowest BCUT2D eigenvalue weighted by Gasteiger charge is -2.19. The number of thioether (sulfide) groups is 1. The van der Waals surface area contributed by atoms with Gasteiger partial charge in [-0.3, -0.25) is 0 Å². The summed E-state index contributed by atoms with van der Waals surface area (Å²) in [6, 6.07) is 14.8. The first-order valence-corrected chi connectivity index (χ1v) is 14.3. The van der Waals surface area contributed by atoms with Crippen LogP contribution in [0.1, 0.15) is 36.2 Å². The number of halogens is 2. The molecule has 0 saturated carbocycles. The van der Waals surface area contributed by atoms with Crippen molar-refractivity contribution < 1.29 is 33.9 Å². The first kappa shape index (κ1) is 30.5. The molecule has 0 amide bonds. The SMILES string of the molecule is COc1cc(C(O)CCC(O)c2cc(OC)c(OC)c(OC)c2)cc(I)c1OCCSc1ccc(Cl)cc1. The van der Waals surface area contributed by atoms with Crippen LogP contribution in [0.3, 0.4) is 0 Å². The summed E-state index contributed by atoms with van der Waals surface area (Å²) in [5, 5.41) is 22.4. The van der Waals surface area contributed by atoms with Crippen LogP contribution >= 0.6 is 46.0 Å². The highest BCUT2D eigenvalue weighted by Gasteiger charge is 2.20. The third kappa shape index (κ3) is 7.98. The molecule has 3 rings (SSSR count). The molecule has 2 N–H and O–H groups in total. The van der Waals surface area contributed by atoms with Crippen molar-refractivity contribution in [3.8, 4) is 28.7 Å². The predicted octanol–water partition coefficient (Wildman–Crippen LogP) is 6.70. The maximum absolute atomic E-state index is 10.9. The summed E-state index contributed by atoms with van der Waals surface area (Å²) in [6.07, 6.45) is -0.989. The van der Waals surface area contributed by atoms with Crippen LogP contribution in [0.15, 0.2) is 53.4 Å². The minimum Gasteiger partial charge on any atom is -0.493 e. The first-order valence-electron chi connectivity index (χ1n) is 11.9. The second-order valence-electron chi connectivity index (χ2n) is 8.25. The average Bonchev–Trinajstić information content (AvgIpc) is 2.94. The van der Waals surface area contributed by atoms with Gasteiger partial charge in [0.15, 0.2) is 23.0 Å². The molecule has 0 radical (unpaired) electrons. The first-order chi connectivity index (χ1) is 18.3. The summed E-state index contributed by atoms with van der Waals surface area (Å²) in [5.41, 5.74) is 1.30. The summed E-state index contributed by atoms with van der Waals surface area (Å²) in [4.78, 5) is 1.12. The molecular weight excluding hydrogens is 643 g/mol. The molecule has 0 fully saturated rings. The van der Waals surface area contributed by atoms with E-state index < -0.39 is 12.2 Å². The van der Waals surface area contributed by atoms with E-state index in [1.165, 1.54) is 21.3 Å². The van der Waals surface area contributed by atoms with E-state index in [2.05, 4.69) is 22.6 Å². The Morgan fingerprint density at radius 3 is 1.76 bits per heavy atom. The molecule has 10 heteroatoms. The van der Waals surface area contributed by atoms with Gasteiger partial charge in [-0.2, -0.15) is 0 Å². The van der Waals surface area contributed by atoms with E-state index in [-0.39, 0.29) is 0 Å². The van der Waals surface area contributed by atoms with Crippen molar-refractivity contribution >= 4 is 46.0 Å². The highest BCUT2D eigenvalue weighted by Crippen LogP contribution is 2.41. The van der Waals surface area contributed by atoms with Crippen molar-refractivity contribution in [3.05, 3.63) is 68.3 Å². The number of benzene rings is 3. The summed E-state index contributed by atoms with van der Waals surface area (Å²) in [6.45, 7) is 0.489. The Bertz CT molecular complexity index is 1170. The molecule has 0 aromatic heterocycles. The van der Waals surface area contributed by atoms with Crippen LogP contribution in [-0.4, -0.2) is 51.0 Å². The van der Waals surface area contributed by atoms with Crippen molar-refractivity contribution in [2.45, 2.75) is 29.9 Å². The maximum Gasteiger partial charge on any atom is 0.203 e. The summed E-state index contributed by atoms with van der Waals surface area (Å²) in [7, 11) is 6.15. The second kappa shape index (κ2) is 14.9. The number of aliphatic hydroxyl groups excluding tert-OH is 2. The van der Waals surface area contributed by atoms with Crippen molar-refractivity contribution in [1.29, 1.82) is 0 Å². The smallest absolute Gasteiger partial charge is 0.203 e. The van der Waals surface area contributed by atoms with Gasteiger partial charge < -0.3 is 33.9 Å². The predicted molar refractivity (Wildman–Crippen MR) is 159 cm³/mol. The molecule has 7 nitrogen and oxygen atoms in total. The Kier molecular flexibility index (Phi) is 12.0. The van der Waals surface area contributed by atoms with Crippen LogP contribution in [0.5, 0.6) is 28.7 Å². The lowest BCUT2D eigenvalue weighted by atomic mass is 9.98. The van der Waals surface area contributed by atoms with E-state index in [0.29, 0.717) is 64.3 Å². The summed E-state index contributed by atoms with van der Waals surface area (Å²) < 4.78 is 28.5. The summed E-state index contributed by atoms with van der Waals surface area (Å²) >= 11 is 9.80. The van der Waals surface area contributed by atoms with Gasteiger partial charge in [0.25, 0.3) is 0 Å². The molecule has 0 heterocycles. The molecule has 2 unspecified atom stereocenters. The number of rotatable bonds is 14. The van der Waals surface area contributed by atoms with Crippen LogP contribution < -0.4 is 23.7 Å². The van der Waals surface area contributed by atoms with Crippen LogP contribution in [0.25, 0.3) is 0 Å². The number of aliphatic hydroxyl groups is 2. The summed E-state index contributed by atoms with van der Waals surface area (Å²) in [5.74, 6) is 3.32. The van der Waals surface area contributed by atoms with E-state index >= 15 is 0 Å². The third-order valence-corrected chi connectivity index (χ3v) is 7.86. The van der Waals surface area contributed by atoms with E-state index in [0.717, 1.165) is 14.2 Å². The Balaban J connectivity index is 1.62. The fraction of sp³-hybridized carbons (Fsp3) is 0.357. The van der Waals surface area contributed by atoms with Gasteiger partial charge >= 0.3 is 0 Å². The fourth-order valence-corrected chi connectivity index (χ4v) is 5.49. The van der Waals surface area contributed by atoms with Gasteiger partial charge in [0.1, 0.15) is 0 Å². The minimum absolute atomic E-state index is 0.318. The zero-order valence-electron chi connectivity index (χ0n) is 21.7. The standard InChI is InChI=1S/C28H32ClIO7S/c1-33-24-14-17(13-21(30)27(24)37-11-12-38-20-7-5-19(29)6-8-20)22(31)9-10-23(32)18-15-25(34-2)28(36-4)26(16-18)35-3/h5-8,13-16,22-23,31-32H,9-12H2,1-4H3. The van der Waals surface area contributed by atoms with Gasteiger partial charge in [0, 0.05) is 15.7 Å². The molecule has 0 aliphatic rings. The molecule has 0 saturated heterocycles. The molecule has 206 valence electrons. The number of hydrogen-bond donors (Lipinski definition) is 2. The average molecular weight is 675 g/mol. The van der Waals surface area contributed by atoms with E-state index in [4.69, 9.17) is 35.3 Å². The quantitative estimate of drug-likeness (QED) is 0.111. The lowest BCUT2D eigenvalue weighted by Crippen LogP contribution is -2.07. The Hall–Kier alpha value is -2.05. The van der Waals surface area contributed by atoms with Gasteiger partial charge in [-0.05, 0) is 95.1 Å². The number of ether oxygens (including phenoxy) is 5. The fourth-order valence-electron chi connectivity index (χ4n) is 3.85. The van der Waals surface area contributed by atoms with E-state index in [1.54, 1.807) is 37.1 Å². The minimum atomic E-state index is -0.833. The Morgan fingerprint density at radius 2 is 1.26 bits per heavy atom. The molecule has 38 heavy (non-hydrogen) atoms. The number of hydrogen-bond acceptors (Lipinski definition) is 8. The third-order valence-electron chi connectivity index (χ3n) is 5.83. The van der Waals surface area contributed by atoms with Crippen molar-refractivity contribution in [1.82, 2.24) is 0 Å². The largest absolute Gasteiger partial charge is 0.493 e. The van der Waals surface area contributed by atoms with Crippen LogP contribution in [0.2, 0.25) is 5.02 Å². The van der Waals surface area contributed by atoms with Crippen LogP contribution in [0.4, 0.5) is 0 Å². The van der Waals surface area contributed by atoms with Gasteiger partial charge in [-0.1, -0.05) is 11.6 Å². The van der Waals surface area contributed by atoms with Gasteiger partial charge in [0.2, 0.25) is 5.75 Å². The van der Waals surface area contributed by atoms with Crippen molar-refractivity contribution in [2.24, 2.45) is 0 Å². The second-order valence-corrected chi connectivity index (χ2v) is 11.0. The van der Waals surface area contributed by atoms with E-state index in [1.807, 2.05) is 30.3 Å². The van der Waals surface area contributed by atoms with E-state index in [9.17, 15) is 10.2 Å². The Morgan fingerprint density at radius 1 is 0.763 bits per heavy atom. The normalized spacial score (nSPS) is 12.5. The van der Waals surface area contributed by atoms with Crippen molar-refractivity contribution in [2.75, 3.05) is 40.8 Å². The molecular formula is C28H32ClIO7S. The van der Waals surface area contributed by atoms with Gasteiger partial charge in [0.05, 0.1) is 50.8 Å². The number of methoxy groups -OCH3 is 4. The van der Waals surface area contributed by atoms with Crippen molar-refractivity contribution in [3.63, 3.8) is 0 Å². The lowest BCUT2D eigenvalue weighted by molar-refractivity contribution is 0.114. The zero-order chi connectivity index (χ0) is 27.7. The molecule has 0 spiro atoms. The molecule has 2 atom stereocenters. The van der Waals surface area contributed by atoms with Crippen LogP contribution in [0, 0.1) is 3.57 Å². The van der Waals surface area contributed by atoms with Crippen LogP contribution in [-0.2, 0) is 0 Å². The van der Waals surface area contributed by atoms with Gasteiger partial charge in [-0.15, -0.1) is 11.8 Å². The zero-order valence-corrected chi connectivity index (χ0v) is 25.4. The topological polar surface area (TPSA) is 86.6 Å². The highest BCUT2D eigenvalue weighted by molar-refractivity contribution is 14.1. The van der Waals surface area contributed by atoms with Gasteiger partial charge in [-0.25, -0.2) is 0 Å². The molecule has 0 aliphatic carbocycles. The molecule has 0 bridgehead atoms. The molecule has 3 aromatic carbocycles. The molecule has 0 aliphatic heterocycles. The Labute approximate surface area is 246 Å². The monoisotopic (exact) mass is 674 g/mol.